The number of hydrogen-bond donors (Lipinski definition) is 1. The maximum Gasteiger partial charge on any atom is 0.123 e. The van der Waals surface area contributed by atoms with Gasteiger partial charge in [0.2, 0.25) is 0 Å². The topological polar surface area (TPSA) is 17.0 Å². The quantitative estimate of drug-likeness (QED) is 0.895. The van der Waals surface area contributed by atoms with Crippen LogP contribution in [0.4, 0.5) is 4.39 Å². The fraction of sp³-hybridized carbons (Fsp3) is 0.412. The highest BCUT2D eigenvalue weighted by atomic mass is 19.1. The van der Waals surface area contributed by atoms with Gasteiger partial charge in [0.25, 0.3) is 0 Å². The Hall–Kier alpha value is -1.61. The zero-order chi connectivity index (χ0) is 14.8. The maximum atomic E-state index is 13.3. The number of aryl methyl sites for hydroxylation is 1. The summed E-state index contributed by atoms with van der Waals surface area (Å²) in [6.45, 7) is 10.0. The van der Waals surface area contributed by atoms with Crippen LogP contribution in [0.3, 0.4) is 0 Å². The van der Waals surface area contributed by atoms with Crippen molar-refractivity contribution >= 4 is 0 Å². The Labute approximate surface area is 120 Å². The van der Waals surface area contributed by atoms with Gasteiger partial charge in [-0.2, -0.15) is 0 Å². The summed E-state index contributed by atoms with van der Waals surface area (Å²) in [6.07, 6.45) is 4.16. The van der Waals surface area contributed by atoms with Crippen LogP contribution in [0.2, 0.25) is 0 Å². The van der Waals surface area contributed by atoms with Crippen LogP contribution in [0.15, 0.2) is 36.7 Å². The average Bonchev–Trinajstić information content (AvgIpc) is 2.78. The standard InChI is InChI=1S/C17H23FN2/c1-13-5-6-16(18)9-15(13)12-20-8-7-14(11-20)10-19-17(2,3)4/h5-9,11,19H,10,12H2,1-4H3. The average molecular weight is 274 g/mol. The zero-order valence-corrected chi connectivity index (χ0v) is 12.7. The number of aromatic nitrogens is 1. The molecule has 0 fully saturated rings. The Morgan fingerprint density at radius 3 is 2.65 bits per heavy atom. The third-order valence-electron chi connectivity index (χ3n) is 3.30. The second-order valence-electron chi connectivity index (χ2n) is 6.37. The fourth-order valence-electron chi connectivity index (χ4n) is 2.07. The van der Waals surface area contributed by atoms with Gasteiger partial charge in [0.05, 0.1) is 0 Å². The largest absolute Gasteiger partial charge is 0.350 e. The molecule has 3 heteroatoms. The van der Waals surface area contributed by atoms with Gasteiger partial charge >= 0.3 is 0 Å². The van der Waals surface area contributed by atoms with Crippen LogP contribution < -0.4 is 5.32 Å². The van der Waals surface area contributed by atoms with Crippen molar-refractivity contribution < 1.29 is 4.39 Å². The molecular weight excluding hydrogens is 251 g/mol. The molecule has 0 saturated carbocycles. The molecule has 1 heterocycles. The van der Waals surface area contributed by atoms with E-state index in [1.165, 1.54) is 11.6 Å². The molecule has 0 spiro atoms. The highest BCUT2D eigenvalue weighted by Crippen LogP contribution is 2.13. The minimum absolute atomic E-state index is 0.112. The fourth-order valence-corrected chi connectivity index (χ4v) is 2.07. The lowest BCUT2D eigenvalue weighted by molar-refractivity contribution is 0.424. The summed E-state index contributed by atoms with van der Waals surface area (Å²) < 4.78 is 15.4. The first kappa shape index (κ1) is 14.8. The molecule has 0 unspecified atom stereocenters. The molecule has 1 aromatic heterocycles. The summed E-state index contributed by atoms with van der Waals surface area (Å²) in [4.78, 5) is 0. The summed E-state index contributed by atoms with van der Waals surface area (Å²) in [7, 11) is 0. The van der Waals surface area contributed by atoms with E-state index in [-0.39, 0.29) is 11.4 Å². The van der Waals surface area contributed by atoms with Crippen LogP contribution in [-0.2, 0) is 13.1 Å². The number of nitrogens with zero attached hydrogens (tertiary/aromatic N) is 1. The highest BCUT2D eigenvalue weighted by molar-refractivity contribution is 5.27. The Balaban J connectivity index is 2.04. The monoisotopic (exact) mass is 274 g/mol. The third kappa shape index (κ3) is 4.20. The molecule has 108 valence electrons. The molecule has 0 atom stereocenters. The number of nitrogens with one attached hydrogen (secondary N) is 1. The molecule has 0 bridgehead atoms. The van der Waals surface area contributed by atoms with E-state index in [4.69, 9.17) is 0 Å². The van der Waals surface area contributed by atoms with Crippen LogP contribution in [0, 0.1) is 12.7 Å². The Kier molecular flexibility index (Phi) is 4.29. The van der Waals surface area contributed by atoms with Gasteiger partial charge in [-0.05, 0) is 62.6 Å². The molecule has 1 N–H and O–H groups in total. The van der Waals surface area contributed by atoms with E-state index >= 15 is 0 Å². The number of benzene rings is 1. The van der Waals surface area contributed by atoms with Crippen LogP contribution in [0.1, 0.15) is 37.5 Å². The lowest BCUT2D eigenvalue weighted by Crippen LogP contribution is -2.34. The number of hydrogen-bond acceptors (Lipinski definition) is 1. The molecule has 0 radical (unpaired) electrons. The molecule has 0 saturated heterocycles. The van der Waals surface area contributed by atoms with Crippen molar-refractivity contribution in [2.24, 2.45) is 0 Å². The van der Waals surface area contributed by atoms with Crippen molar-refractivity contribution in [3.05, 3.63) is 59.2 Å². The summed E-state index contributed by atoms with van der Waals surface area (Å²) in [5, 5.41) is 3.46. The van der Waals surface area contributed by atoms with E-state index in [2.05, 4.69) is 42.9 Å². The van der Waals surface area contributed by atoms with Crippen LogP contribution in [-0.4, -0.2) is 10.1 Å². The van der Waals surface area contributed by atoms with Crippen molar-refractivity contribution in [3.8, 4) is 0 Å². The van der Waals surface area contributed by atoms with Crippen molar-refractivity contribution in [1.82, 2.24) is 9.88 Å². The van der Waals surface area contributed by atoms with Crippen molar-refractivity contribution in [3.63, 3.8) is 0 Å². The van der Waals surface area contributed by atoms with Gasteiger partial charge in [0.15, 0.2) is 0 Å². The third-order valence-corrected chi connectivity index (χ3v) is 3.30. The molecule has 20 heavy (non-hydrogen) atoms. The van der Waals surface area contributed by atoms with Gasteiger partial charge in [-0.25, -0.2) is 4.39 Å². The first-order valence-corrected chi connectivity index (χ1v) is 6.98. The van der Waals surface area contributed by atoms with Crippen LogP contribution in [0.25, 0.3) is 0 Å². The molecule has 2 aromatic rings. The van der Waals surface area contributed by atoms with Crippen molar-refractivity contribution in [1.29, 1.82) is 0 Å². The first-order valence-electron chi connectivity index (χ1n) is 6.98. The van der Waals surface area contributed by atoms with E-state index < -0.39 is 0 Å². The molecule has 0 aliphatic carbocycles. The summed E-state index contributed by atoms with van der Waals surface area (Å²) in [5.41, 5.74) is 3.50. The van der Waals surface area contributed by atoms with E-state index in [1.807, 2.05) is 19.2 Å². The van der Waals surface area contributed by atoms with Crippen LogP contribution >= 0.6 is 0 Å². The van der Waals surface area contributed by atoms with Gasteiger partial charge in [-0.3, -0.25) is 0 Å². The van der Waals surface area contributed by atoms with E-state index in [0.29, 0.717) is 6.54 Å². The van der Waals surface area contributed by atoms with Gasteiger partial charge in [0, 0.05) is 31.0 Å². The Bertz CT molecular complexity index is 579. The highest BCUT2D eigenvalue weighted by Gasteiger charge is 2.09. The number of halogens is 1. The SMILES string of the molecule is Cc1ccc(F)cc1Cn1ccc(CNC(C)(C)C)c1. The molecule has 0 aliphatic heterocycles. The van der Waals surface area contributed by atoms with Crippen molar-refractivity contribution in [2.45, 2.75) is 46.3 Å². The lowest BCUT2D eigenvalue weighted by Gasteiger charge is -2.19. The van der Waals surface area contributed by atoms with Gasteiger partial charge in [-0.15, -0.1) is 0 Å². The van der Waals surface area contributed by atoms with Gasteiger partial charge in [0.1, 0.15) is 5.82 Å². The molecule has 0 aliphatic rings. The van der Waals surface area contributed by atoms with Crippen LogP contribution in [0.5, 0.6) is 0 Å². The number of rotatable bonds is 4. The van der Waals surface area contributed by atoms with E-state index in [1.54, 1.807) is 6.07 Å². The minimum Gasteiger partial charge on any atom is -0.350 e. The predicted molar refractivity (Wildman–Crippen MR) is 81.3 cm³/mol. The first-order chi connectivity index (χ1) is 9.33. The summed E-state index contributed by atoms with van der Waals surface area (Å²) in [6, 6.07) is 7.05. The maximum absolute atomic E-state index is 13.3. The zero-order valence-electron chi connectivity index (χ0n) is 12.7. The van der Waals surface area contributed by atoms with E-state index in [9.17, 15) is 4.39 Å². The minimum atomic E-state index is -0.174. The van der Waals surface area contributed by atoms with Gasteiger partial charge in [-0.1, -0.05) is 6.07 Å². The Morgan fingerprint density at radius 2 is 1.95 bits per heavy atom. The lowest BCUT2D eigenvalue weighted by atomic mass is 10.1. The summed E-state index contributed by atoms with van der Waals surface area (Å²) in [5.74, 6) is -0.174. The molecule has 2 rings (SSSR count). The van der Waals surface area contributed by atoms with Crippen molar-refractivity contribution in [2.75, 3.05) is 0 Å². The smallest absolute Gasteiger partial charge is 0.123 e. The second-order valence-corrected chi connectivity index (χ2v) is 6.37. The van der Waals surface area contributed by atoms with Gasteiger partial charge < -0.3 is 9.88 Å². The van der Waals surface area contributed by atoms with E-state index in [0.717, 1.165) is 17.7 Å². The summed E-state index contributed by atoms with van der Waals surface area (Å²) >= 11 is 0. The Morgan fingerprint density at radius 1 is 1.20 bits per heavy atom. The normalized spacial score (nSPS) is 11.8. The second kappa shape index (κ2) is 5.80. The molecule has 2 nitrogen and oxygen atoms in total. The molecule has 0 amide bonds. The molecule has 1 aromatic carbocycles. The molecular formula is C17H23FN2. The predicted octanol–water partition coefficient (Wildman–Crippen LogP) is 3.87.